The number of carbonyl (C=O) groups excluding carboxylic acids is 1. The molecule has 1 heterocycles. The molecule has 0 aliphatic heterocycles. The number of primary amides is 1. The first kappa shape index (κ1) is 27.8. The van der Waals surface area contributed by atoms with Crippen molar-refractivity contribution in [2.75, 3.05) is 5.32 Å². The number of alkyl halides is 3. The minimum atomic E-state index is -4.74. The van der Waals surface area contributed by atoms with E-state index in [-0.39, 0.29) is 5.75 Å². The van der Waals surface area contributed by atoms with Crippen LogP contribution in [0.15, 0.2) is 90.8 Å². The second kappa shape index (κ2) is 13.4. The number of hydrogen-bond acceptors (Lipinski definition) is 6. The molecular formula is C26H26F3N5O2. The maximum Gasteiger partial charge on any atom is 0.573 e. The van der Waals surface area contributed by atoms with Crippen molar-refractivity contribution in [1.82, 2.24) is 9.97 Å². The van der Waals surface area contributed by atoms with Gasteiger partial charge in [-0.2, -0.15) is 0 Å². The number of nitrogens with zero attached hydrogens (tertiary/aromatic N) is 3. The summed E-state index contributed by atoms with van der Waals surface area (Å²) in [6.45, 7) is 7.76. The van der Waals surface area contributed by atoms with Gasteiger partial charge in [0.2, 0.25) is 5.91 Å². The van der Waals surface area contributed by atoms with Crippen LogP contribution in [0.3, 0.4) is 0 Å². The maximum absolute atomic E-state index is 12.3. The van der Waals surface area contributed by atoms with Crippen LogP contribution in [0.5, 0.6) is 5.75 Å². The molecule has 1 amide bonds. The number of allylic oxidation sites excluding steroid dienone is 2. The van der Waals surface area contributed by atoms with E-state index in [1.807, 2.05) is 13.8 Å². The summed E-state index contributed by atoms with van der Waals surface area (Å²) >= 11 is 0. The standard InChI is InChI=1S/C24H20F3N5O2.C2H6/c1-2-21(16-5-7-17(8-6-16)23(28)33)29-13-3-4-19-14-22(31-15-30-19)32-18-9-11-20(12-10-18)34-24(25,26)27;1-2/h2-3,5-15H,1,4H2,(H2,28,33)(H,30,31,32);1-2H3/b13-3-,29-21?;. The Hall–Kier alpha value is -4.47. The average Bonchev–Trinajstić information content (AvgIpc) is 2.86. The fourth-order valence-electron chi connectivity index (χ4n) is 2.82. The summed E-state index contributed by atoms with van der Waals surface area (Å²) in [4.78, 5) is 23.9. The van der Waals surface area contributed by atoms with Gasteiger partial charge in [-0.05, 0) is 42.5 Å². The van der Waals surface area contributed by atoms with Crippen LogP contribution >= 0.6 is 0 Å². The minimum absolute atomic E-state index is 0.310. The van der Waals surface area contributed by atoms with Gasteiger partial charge >= 0.3 is 6.36 Å². The van der Waals surface area contributed by atoms with E-state index in [1.165, 1.54) is 30.6 Å². The number of ether oxygens (including phenoxy) is 1. The van der Waals surface area contributed by atoms with Gasteiger partial charge in [-0.3, -0.25) is 9.79 Å². The number of nitrogens with one attached hydrogen (secondary N) is 1. The van der Waals surface area contributed by atoms with E-state index >= 15 is 0 Å². The van der Waals surface area contributed by atoms with Crippen molar-refractivity contribution in [3.05, 3.63) is 103 Å². The van der Waals surface area contributed by atoms with Crippen molar-refractivity contribution in [3.63, 3.8) is 0 Å². The zero-order valence-electron chi connectivity index (χ0n) is 19.8. The number of anilines is 2. The van der Waals surface area contributed by atoms with Crippen molar-refractivity contribution in [1.29, 1.82) is 0 Å². The van der Waals surface area contributed by atoms with E-state index in [2.05, 4.69) is 31.6 Å². The number of halogens is 3. The highest BCUT2D eigenvalue weighted by Gasteiger charge is 2.30. The maximum atomic E-state index is 12.3. The molecule has 3 aromatic rings. The van der Waals surface area contributed by atoms with Crippen LogP contribution < -0.4 is 15.8 Å². The Morgan fingerprint density at radius 3 is 2.31 bits per heavy atom. The monoisotopic (exact) mass is 497 g/mol. The first-order valence-corrected chi connectivity index (χ1v) is 10.9. The molecule has 2 aromatic carbocycles. The summed E-state index contributed by atoms with van der Waals surface area (Å²) in [5, 5.41) is 3.00. The average molecular weight is 498 g/mol. The molecular weight excluding hydrogens is 471 g/mol. The third kappa shape index (κ3) is 9.05. The van der Waals surface area contributed by atoms with Crippen molar-refractivity contribution in [3.8, 4) is 5.75 Å². The summed E-state index contributed by atoms with van der Waals surface area (Å²) in [6, 6.07) is 13.7. The Bertz CT molecular complexity index is 1210. The summed E-state index contributed by atoms with van der Waals surface area (Å²) in [5.74, 6) is -0.336. The quantitative estimate of drug-likeness (QED) is 0.354. The van der Waals surface area contributed by atoms with Crippen LogP contribution in [0.25, 0.3) is 0 Å². The second-order valence-corrected chi connectivity index (χ2v) is 6.84. The molecule has 188 valence electrons. The van der Waals surface area contributed by atoms with Crippen molar-refractivity contribution < 1.29 is 22.7 Å². The van der Waals surface area contributed by atoms with Crippen LogP contribution in [0.1, 0.15) is 35.5 Å². The van der Waals surface area contributed by atoms with E-state index in [9.17, 15) is 18.0 Å². The topological polar surface area (TPSA) is 102 Å². The number of benzene rings is 2. The summed E-state index contributed by atoms with van der Waals surface area (Å²) in [7, 11) is 0. The highest BCUT2D eigenvalue weighted by molar-refractivity contribution is 6.09. The van der Waals surface area contributed by atoms with Crippen molar-refractivity contribution >= 4 is 23.1 Å². The van der Waals surface area contributed by atoms with Gasteiger partial charge in [0.05, 0.1) is 5.71 Å². The molecule has 0 saturated heterocycles. The molecule has 0 aliphatic rings. The van der Waals surface area contributed by atoms with E-state index in [1.54, 1.807) is 48.7 Å². The number of carbonyl (C=O) groups is 1. The van der Waals surface area contributed by atoms with Gasteiger partial charge < -0.3 is 15.8 Å². The largest absolute Gasteiger partial charge is 0.573 e. The molecule has 36 heavy (non-hydrogen) atoms. The summed E-state index contributed by atoms with van der Waals surface area (Å²) in [6.07, 6.45) is 2.12. The normalized spacial score (nSPS) is 11.4. The van der Waals surface area contributed by atoms with Crippen LogP contribution in [0.4, 0.5) is 24.7 Å². The van der Waals surface area contributed by atoms with Gasteiger partial charge in [-0.25, -0.2) is 9.97 Å². The van der Waals surface area contributed by atoms with E-state index in [0.29, 0.717) is 34.9 Å². The van der Waals surface area contributed by atoms with Gasteiger partial charge in [0.25, 0.3) is 0 Å². The van der Waals surface area contributed by atoms with E-state index < -0.39 is 12.3 Å². The molecule has 10 heteroatoms. The lowest BCUT2D eigenvalue weighted by Crippen LogP contribution is -2.16. The van der Waals surface area contributed by atoms with E-state index in [0.717, 1.165) is 5.56 Å². The second-order valence-electron chi connectivity index (χ2n) is 6.84. The van der Waals surface area contributed by atoms with Gasteiger partial charge in [0.15, 0.2) is 0 Å². The Labute approximate surface area is 207 Å². The summed E-state index contributed by atoms with van der Waals surface area (Å²) in [5.41, 5.74) is 8.29. The van der Waals surface area contributed by atoms with Gasteiger partial charge in [0, 0.05) is 41.2 Å². The van der Waals surface area contributed by atoms with Crippen LogP contribution in [-0.2, 0) is 6.42 Å². The molecule has 7 nitrogen and oxygen atoms in total. The number of nitrogens with two attached hydrogens (primary N) is 1. The van der Waals surface area contributed by atoms with Crippen molar-refractivity contribution in [2.45, 2.75) is 26.6 Å². The first-order chi connectivity index (χ1) is 17.2. The number of aliphatic imine (C=N–C) groups is 1. The number of aromatic nitrogens is 2. The molecule has 0 spiro atoms. The number of rotatable bonds is 9. The fourth-order valence-corrected chi connectivity index (χ4v) is 2.82. The van der Waals surface area contributed by atoms with Crippen LogP contribution in [0, 0.1) is 0 Å². The smallest absolute Gasteiger partial charge is 0.406 e. The third-order valence-corrected chi connectivity index (χ3v) is 4.39. The lowest BCUT2D eigenvalue weighted by Gasteiger charge is -2.10. The zero-order valence-corrected chi connectivity index (χ0v) is 19.8. The Balaban J connectivity index is 0.00000222. The summed E-state index contributed by atoms with van der Waals surface area (Å²) < 4.78 is 40.6. The van der Waals surface area contributed by atoms with Crippen molar-refractivity contribution in [2.24, 2.45) is 10.7 Å². The molecule has 3 rings (SSSR count). The Morgan fingerprint density at radius 1 is 1.08 bits per heavy atom. The Morgan fingerprint density at radius 2 is 1.72 bits per heavy atom. The molecule has 1 aromatic heterocycles. The first-order valence-electron chi connectivity index (χ1n) is 10.9. The lowest BCUT2D eigenvalue weighted by atomic mass is 10.1. The molecule has 0 unspecified atom stereocenters. The molecule has 0 fully saturated rings. The van der Waals surface area contributed by atoms with Crippen LogP contribution in [0.2, 0.25) is 0 Å². The minimum Gasteiger partial charge on any atom is -0.406 e. The third-order valence-electron chi connectivity index (χ3n) is 4.39. The highest BCUT2D eigenvalue weighted by Crippen LogP contribution is 2.25. The Kier molecular flexibility index (Phi) is 10.4. The number of hydrogen-bond donors (Lipinski definition) is 2. The van der Waals surface area contributed by atoms with Crippen LogP contribution in [-0.4, -0.2) is 27.9 Å². The fraction of sp³-hybridized carbons (Fsp3) is 0.154. The molecule has 0 saturated carbocycles. The lowest BCUT2D eigenvalue weighted by molar-refractivity contribution is -0.274. The zero-order chi connectivity index (χ0) is 26.6. The van der Waals surface area contributed by atoms with Gasteiger partial charge in [-0.1, -0.05) is 38.6 Å². The molecule has 0 radical (unpaired) electrons. The predicted octanol–water partition coefficient (Wildman–Crippen LogP) is 5.98. The number of amides is 1. The van der Waals surface area contributed by atoms with Gasteiger partial charge in [0.1, 0.15) is 17.9 Å². The highest BCUT2D eigenvalue weighted by atomic mass is 19.4. The predicted molar refractivity (Wildman–Crippen MR) is 134 cm³/mol. The molecule has 0 bridgehead atoms. The van der Waals surface area contributed by atoms with E-state index in [4.69, 9.17) is 5.73 Å². The molecule has 0 atom stereocenters. The SMILES string of the molecule is C=CC(=N/C=C\Cc1cc(Nc2ccc(OC(F)(F)F)cc2)ncn1)c1ccc(C(N)=O)cc1.CC. The molecule has 3 N–H and O–H groups in total. The van der Waals surface area contributed by atoms with Gasteiger partial charge in [-0.15, -0.1) is 13.2 Å². The molecule has 0 aliphatic carbocycles.